The van der Waals surface area contributed by atoms with E-state index >= 15 is 0 Å². The van der Waals surface area contributed by atoms with Crippen LogP contribution in [0.25, 0.3) is 0 Å². The Bertz CT molecular complexity index is 371. The van der Waals surface area contributed by atoms with Gasteiger partial charge in [0.05, 0.1) is 4.47 Å². The summed E-state index contributed by atoms with van der Waals surface area (Å²) in [7, 11) is 0. The van der Waals surface area contributed by atoms with E-state index in [4.69, 9.17) is 5.73 Å². The van der Waals surface area contributed by atoms with Gasteiger partial charge >= 0.3 is 0 Å². The van der Waals surface area contributed by atoms with Crippen LogP contribution in [-0.2, 0) is 11.3 Å². The van der Waals surface area contributed by atoms with Crippen LogP contribution in [0, 0.1) is 5.82 Å². The number of nitrogens with one attached hydrogen (secondary N) is 1. The average Bonchev–Trinajstić information content (AvgIpc) is 2.22. The highest BCUT2D eigenvalue weighted by Crippen LogP contribution is 2.16. The molecular weight excluding hydrogens is 275 g/mol. The average molecular weight is 289 g/mol. The second-order valence-electron chi connectivity index (χ2n) is 3.50. The molecule has 88 valence electrons. The van der Waals surface area contributed by atoms with E-state index in [1.807, 2.05) is 6.07 Å². The molecule has 0 atom stereocenters. The summed E-state index contributed by atoms with van der Waals surface area (Å²) < 4.78 is 13.6. The molecule has 0 saturated heterocycles. The molecule has 0 fully saturated rings. The number of carbonyl (C=O) groups excluding carboxylic acids is 1. The van der Waals surface area contributed by atoms with E-state index in [1.54, 1.807) is 6.07 Å². The summed E-state index contributed by atoms with van der Waals surface area (Å²) in [6, 6.07) is 5.00. The SMILES string of the molecule is NC(=O)CCCNCc1ccc(Br)c(F)c1. The molecule has 1 aromatic rings. The third-order valence-corrected chi connectivity index (χ3v) is 2.73. The Hall–Kier alpha value is -0.940. The highest BCUT2D eigenvalue weighted by atomic mass is 79.9. The number of carbonyl (C=O) groups is 1. The summed E-state index contributed by atoms with van der Waals surface area (Å²) in [6.45, 7) is 1.28. The Kier molecular flexibility index (Phi) is 5.42. The standard InChI is InChI=1S/C11H14BrFN2O/c12-9-4-3-8(6-10(9)13)7-15-5-1-2-11(14)16/h3-4,6,15H,1-2,5,7H2,(H2,14,16). The third-order valence-electron chi connectivity index (χ3n) is 2.09. The van der Waals surface area contributed by atoms with E-state index in [0.29, 0.717) is 30.4 Å². The molecule has 0 radical (unpaired) electrons. The van der Waals surface area contributed by atoms with Crippen molar-refractivity contribution in [2.45, 2.75) is 19.4 Å². The summed E-state index contributed by atoms with van der Waals surface area (Å²) >= 11 is 3.09. The fourth-order valence-corrected chi connectivity index (χ4v) is 1.52. The molecule has 16 heavy (non-hydrogen) atoms. The number of amides is 1. The molecule has 3 N–H and O–H groups in total. The van der Waals surface area contributed by atoms with Crippen LogP contribution in [0.5, 0.6) is 0 Å². The second kappa shape index (κ2) is 6.60. The van der Waals surface area contributed by atoms with Crippen molar-refractivity contribution in [2.75, 3.05) is 6.54 Å². The van der Waals surface area contributed by atoms with Gasteiger partial charge < -0.3 is 11.1 Å². The van der Waals surface area contributed by atoms with Crippen molar-refractivity contribution < 1.29 is 9.18 Å². The number of rotatable bonds is 6. The summed E-state index contributed by atoms with van der Waals surface area (Å²) in [4.78, 5) is 10.5. The maximum Gasteiger partial charge on any atom is 0.217 e. The molecule has 0 spiro atoms. The van der Waals surface area contributed by atoms with E-state index in [-0.39, 0.29) is 11.7 Å². The molecule has 0 heterocycles. The molecule has 0 saturated carbocycles. The number of hydrogen-bond donors (Lipinski definition) is 2. The van der Waals surface area contributed by atoms with Gasteiger partial charge in [0, 0.05) is 13.0 Å². The maximum atomic E-state index is 13.1. The highest BCUT2D eigenvalue weighted by molar-refractivity contribution is 9.10. The minimum absolute atomic E-state index is 0.267. The van der Waals surface area contributed by atoms with Gasteiger partial charge in [0.1, 0.15) is 5.82 Å². The van der Waals surface area contributed by atoms with Crippen molar-refractivity contribution in [3.05, 3.63) is 34.1 Å². The molecule has 1 amide bonds. The van der Waals surface area contributed by atoms with Crippen LogP contribution in [-0.4, -0.2) is 12.5 Å². The van der Waals surface area contributed by atoms with Crippen LogP contribution in [0.4, 0.5) is 4.39 Å². The molecular formula is C11H14BrFN2O. The molecule has 1 rings (SSSR count). The van der Waals surface area contributed by atoms with Crippen LogP contribution < -0.4 is 11.1 Å². The molecule has 0 aliphatic rings. The van der Waals surface area contributed by atoms with Gasteiger partial charge in [0.2, 0.25) is 5.91 Å². The zero-order chi connectivity index (χ0) is 12.0. The molecule has 0 bridgehead atoms. The molecule has 0 aliphatic heterocycles. The number of hydrogen-bond acceptors (Lipinski definition) is 2. The molecule has 5 heteroatoms. The monoisotopic (exact) mass is 288 g/mol. The minimum atomic E-state index is -0.295. The van der Waals surface area contributed by atoms with Crippen LogP contribution in [0.1, 0.15) is 18.4 Å². The lowest BCUT2D eigenvalue weighted by atomic mass is 10.2. The van der Waals surface area contributed by atoms with Crippen molar-refractivity contribution in [3.8, 4) is 0 Å². The summed E-state index contributed by atoms with van der Waals surface area (Å²) in [6.07, 6.45) is 1.08. The smallest absolute Gasteiger partial charge is 0.217 e. The van der Waals surface area contributed by atoms with Gasteiger partial charge in [-0.15, -0.1) is 0 Å². The Morgan fingerprint density at radius 1 is 1.50 bits per heavy atom. The largest absolute Gasteiger partial charge is 0.370 e. The number of primary amides is 1. The predicted octanol–water partition coefficient (Wildman–Crippen LogP) is 1.94. The van der Waals surface area contributed by atoms with Crippen LogP contribution in [0.15, 0.2) is 22.7 Å². The van der Waals surface area contributed by atoms with E-state index in [0.717, 1.165) is 5.56 Å². The lowest BCUT2D eigenvalue weighted by molar-refractivity contribution is -0.118. The first-order chi connectivity index (χ1) is 7.59. The van der Waals surface area contributed by atoms with Gasteiger partial charge in [0.25, 0.3) is 0 Å². The minimum Gasteiger partial charge on any atom is -0.370 e. The molecule has 1 aromatic carbocycles. The van der Waals surface area contributed by atoms with E-state index in [2.05, 4.69) is 21.2 Å². The van der Waals surface area contributed by atoms with Gasteiger partial charge in [-0.25, -0.2) is 4.39 Å². The van der Waals surface area contributed by atoms with Crippen LogP contribution >= 0.6 is 15.9 Å². The zero-order valence-electron chi connectivity index (χ0n) is 8.80. The van der Waals surface area contributed by atoms with Gasteiger partial charge in [-0.05, 0) is 46.6 Å². The molecule has 0 aliphatic carbocycles. The Morgan fingerprint density at radius 3 is 2.88 bits per heavy atom. The predicted molar refractivity (Wildman–Crippen MR) is 64.2 cm³/mol. The summed E-state index contributed by atoms with van der Waals surface area (Å²) in [5.41, 5.74) is 5.88. The van der Waals surface area contributed by atoms with Crippen molar-refractivity contribution in [1.29, 1.82) is 0 Å². The second-order valence-corrected chi connectivity index (χ2v) is 4.35. The van der Waals surface area contributed by atoms with E-state index < -0.39 is 0 Å². The lowest BCUT2D eigenvalue weighted by Gasteiger charge is -2.04. The Labute approximate surface area is 102 Å². The molecule has 0 aromatic heterocycles. The Morgan fingerprint density at radius 2 is 2.25 bits per heavy atom. The Balaban J connectivity index is 2.27. The van der Waals surface area contributed by atoms with Gasteiger partial charge in [-0.1, -0.05) is 6.07 Å². The van der Waals surface area contributed by atoms with Crippen molar-refractivity contribution >= 4 is 21.8 Å². The lowest BCUT2D eigenvalue weighted by Crippen LogP contribution is -2.18. The van der Waals surface area contributed by atoms with Crippen LogP contribution in [0.3, 0.4) is 0 Å². The summed E-state index contributed by atoms with van der Waals surface area (Å²) in [5.74, 6) is -0.562. The number of benzene rings is 1. The normalized spacial score (nSPS) is 10.4. The van der Waals surface area contributed by atoms with Gasteiger partial charge in [0.15, 0.2) is 0 Å². The first-order valence-corrected chi connectivity index (χ1v) is 5.82. The van der Waals surface area contributed by atoms with Gasteiger partial charge in [-0.2, -0.15) is 0 Å². The molecule has 0 unspecified atom stereocenters. The molecule has 3 nitrogen and oxygen atoms in total. The third kappa shape index (κ3) is 4.72. The first kappa shape index (κ1) is 13.1. The first-order valence-electron chi connectivity index (χ1n) is 5.02. The topological polar surface area (TPSA) is 55.1 Å². The van der Waals surface area contributed by atoms with Crippen LogP contribution in [0.2, 0.25) is 0 Å². The fraction of sp³-hybridized carbons (Fsp3) is 0.364. The number of halogens is 2. The van der Waals surface area contributed by atoms with E-state index in [1.165, 1.54) is 6.07 Å². The highest BCUT2D eigenvalue weighted by Gasteiger charge is 2.00. The van der Waals surface area contributed by atoms with Crippen molar-refractivity contribution in [3.63, 3.8) is 0 Å². The zero-order valence-corrected chi connectivity index (χ0v) is 10.4. The van der Waals surface area contributed by atoms with Gasteiger partial charge in [-0.3, -0.25) is 4.79 Å². The quantitative estimate of drug-likeness (QED) is 0.786. The summed E-state index contributed by atoms with van der Waals surface area (Å²) in [5, 5.41) is 3.11. The fourth-order valence-electron chi connectivity index (χ4n) is 1.27. The maximum absolute atomic E-state index is 13.1. The van der Waals surface area contributed by atoms with Crippen molar-refractivity contribution in [2.24, 2.45) is 5.73 Å². The van der Waals surface area contributed by atoms with Crippen molar-refractivity contribution in [1.82, 2.24) is 5.32 Å². The van der Waals surface area contributed by atoms with E-state index in [9.17, 15) is 9.18 Å². The number of nitrogens with two attached hydrogens (primary N) is 1.